The maximum absolute atomic E-state index is 12.5. The first-order valence-corrected chi connectivity index (χ1v) is 10.6. The fourth-order valence-corrected chi connectivity index (χ4v) is 4.80. The summed E-state index contributed by atoms with van der Waals surface area (Å²) >= 11 is 2.97. The normalized spacial score (nSPS) is 10.9. The van der Waals surface area contributed by atoms with Crippen LogP contribution in [0.3, 0.4) is 0 Å². The number of hydrogen-bond donors (Lipinski definition) is 1. The molecule has 4 rings (SSSR count). The lowest BCUT2D eigenvalue weighted by Crippen LogP contribution is -2.29. The quantitative estimate of drug-likeness (QED) is 0.383. The van der Waals surface area contributed by atoms with Gasteiger partial charge in [-0.25, -0.2) is 9.67 Å². The first kappa shape index (κ1) is 19.2. The first-order valence-electron chi connectivity index (χ1n) is 8.83. The molecule has 8 heteroatoms. The van der Waals surface area contributed by atoms with Gasteiger partial charge in [0, 0.05) is 5.39 Å². The summed E-state index contributed by atoms with van der Waals surface area (Å²) in [4.78, 5) is 29.3. The van der Waals surface area contributed by atoms with Gasteiger partial charge in [0.1, 0.15) is 6.54 Å². The Morgan fingerprint density at radius 3 is 2.72 bits per heavy atom. The molecule has 2 aromatic heterocycles. The Bertz CT molecular complexity index is 1270. The van der Waals surface area contributed by atoms with Gasteiger partial charge in [0.2, 0.25) is 5.91 Å². The third-order valence-electron chi connectivity index (χ3n) is 4.24. The summed E-state index contributed by atoms with van der Waals surface area (Å²) in [6, 6.07) is 15.1. The minimum Gasteiger partial charge on any atom is -0.350 e. The van der Waals surface area contributed by atoms with Crippen LogP contribution in [0, 0.1) is 12.3 Å². The number of rotatable bonds is 6. The van der Waals surface area contributed by atoms with E-state index in [2.05, 4.69) is 21.3 Å². The van der Waals surface area contributed by atoms with Crippen LogP contribution in [0.5, 0.6) is 0 Å². The fourth-order valence-electron chi connectivity index (χ4n) is 2.90. The lowest BCUT2D eigenvalue weighted by molar-refractivity contribution is -0.118. The van der Waals surface area contributed by atoms with Crippen LogP contribution in [0.15, 0.2) is 57.7 Å². The molecule has 2 heterocycles. The van der Waals surface area contributed by atoms with Crippen molar-refractivity contribution in [2.24, 2.45) is 0 Å². The second-order valence-corrected chi connectivity index (χ2v) is 8.43. The Morgan fingerprint density at radius 1 is 1.17 bits per heavy atom. The average Bonchev–Trinajstić information content (AvgIpc) is 3.16. The lowest BCUT2D eigenvalue weighted by Gasteiger charge is -2.10. The third-order valence-corrected chi connectivity index (χ3v) is 6.42. The molecule has 0 aliphatic carbocycles. The average molecular weight is 421 g/mol. The molecule has 0 saturated carbocycles. The zero-order valence-electron chi connectivity index (χ0n) is 15.3. The molecule has 0 bridgehead atoms. The van der Waals surface area contributed by atoms with Gasteiger partial charge in [0.25, 0.3) is 5.56 Å². The molecule has 0 unspecified atom stereocenters. The van der Waals surface area contributed by atoms with Crippen LogP contribution in [0.4, 0.5) is 0 Å². The van der Waals surface area contributed by atoms with Crippen molar-refractivity contribution in [2.45, 2.75) is 17.4 Å². The summed E-state index contributed by atoms with van der Waals surface area (Å²) in [7, 11) is 0. The number of amides is 1. The number of hydrogen-bond acceptors (Lipinski definition) is 6. The second kappa shape index (κ2) is 8.47. The standard InChI is InChI=1S/C21H16N4O2S2/c1-2-11-25-20(27)15-8-4-3-7-14(15)17(24-25)12-22-19(26)13-28-21-23-16-9-5-6-10-18(16)29-21/h1,3-10H,11-13H2,(H,22,26). The van der Waals surface area contributed by atoms with E-state index in [9.17, 15) is 9.59 Å². The Hall–Kier alpha value is -3.15. The molecule has 0 aliphatic heterocycles. The molecule has 6 nitrogen and oxygen atoms in total. The van der Waals surface area contributed by atoms with Crippen LogP contribution in [0.25, 0.3) is 21.0 Å². The minimum atomic E-state index is -0.236. The summed E-state index contributed by atoms with van der Waals surface area (Å²) in [6.45, 7) is 0.294. The van der Waals surface area contributed by atoms with E-state index in [1.165, 1.54) is 16.4 Å². The van der Waals surface area contributed by atoms with Gasteiger partial charge in [-0.15, -0.1) is 17.8 Å². The van der Waals surface area contributed by atoms with Crippen LogP contribution < -0.4 is 10.9 Å². The smallest absolute Gasteiger partial charge is 0.275 e. The van der Waals surface area contributed by atoms with Gasteiger partial charge in [0.15, 0.2) is 4.34 Å². The molecule has 0 atom stereocenters. The van der Waals surface area contributed by atoms with Crippen molar-refractivity contribution in [3.05, 3.63) is 64.6 Å². The molecule has 0 radical (unpaired) electrons. The monoisotopic (exact) mass is 420 g/mol. The summed E-state index contributed by atoms with van der Waals surface area (Å²) in [5.74, 6) is 2.56. The molecule has 0 spiro atoms. The Balaban J connectivity index is 1.46. The first-order chi connectivity index (χ1) is 14.2. The van der Waals surface area contributed by atoms with E-state index in [1.54, 1.807) is 23.5 Å². The number of nitrogens with zero attached hydrogens (tertiary/aromatic N) is 3. The van der Waals surface area contributed by atoms with Crippen LogP contribution in [-0.2, 0) is 17.9 Å². The van der Waals surface area contributed by atoms with Gasteiger partial charge in [-0.1, -0.05) is 48.0 Å². The molecule has 4 aromatic rings. The molecule has 0 aliphatic rings. The predicted molar refractivity (Wildman–Crippen MR) is 117 cm³/mol. The molecule has 1 amide bonds. The van der Waals surface area contributed by atoms with Crippen LogP contribution in [0.2, 0.25) is 0 Å². The van der Waals surface area contributed by atoms with Crippen molar-refractivity contribution in [1.82, 2.24) is 20.1 Å². The van der Waals surface area contributed by atoms with E-state index in [4.69, 9.17) is 6.42 Å². The molecule has 1 N–H and O–H groups in total. The number of aromatic nitrogens is 3. The number of nitrogens with one attached hydrogen (secondary N) is 1. The van der Waals surface area contributed by atoms with Gasteiger partial charge in [-0.05, 0) is 18.2 Å². The van der Waals surface area contributed by atoms with Crippen molar-refractivity contribution < 1.29 is 4.79 Å². The van der Waals surface area contributed by atoms with Gasteiger partial charge >= 0.3 is 0 Å². The van der Waals surface area contributed by atoms with E-state index in [0.717, 1.165) is 14.6 Å². The molecule has 144 valence electrons. The third kappa shape index (κ3) is 4.16. The number of carbonyl (C=O) groups excluding carboxylic acids is 1. The maximum atomic E-state index is 12.5. The van der Waals surface area contributed by atoms with Crippen molar-refractivity contribution in [1.29, 1.82) is 0 Å². The van der Waals surface area contributed by atoms with Crippen LogP contribution >= 0.6 is 23.1 Å². The Morgan fingerprint density at radius 2 is 1.93 bits per heavy atom. The Kier molecular flexibility index (Phi) is 5.60. The van der Waals surface area contributed by atoms with E-state index in [-0.39, 0.29) is 30.3 Å². The highest BCUT2D eigenvalue weighted by atomic mass is 32.2. The van der Waals surface area contributed by atoms with E-state index in [1.807, 2.05) is 36.4 Å². The molecular weight excluding hydrogens is 404 g/mol. The van der Waals surface area contributed by atoms with Gasteiger partial charge in [0.05, 0.1) is 33.6 Å². The predicted octanol–water partition coefficient (Wildman–Crippen LogP) is 3.05. The summed E-state index contributed by atoms with van der Waals surface area (Å²) in [5.41, 5.74) is 1.31. The Labute approximate surface area is 175 Å². The van der Waals surface area contributed by atoms with Crippen LogP contribution in [-0.4, -0.2) is 26.4 Å². The largest absolute Gasteiger partial charge is 0.350 e. The number of benzene rings is 2. The van der Waals surface area contributed by atoms with Crippen molar-refractivity contribution >= 4 is 50.0 Å². The highest BCUT2D eigenvalue weighted by Gasteiger charge is 2.12. The zero-order valence-corrected chi connectivity index (χ0v) is 16.9. The van der Waals surface area contributed by atoms with Crippen molar-refractivity contribution in [3.8, 4) is 12.3 Å². The number of fused-ring (bicyclic) bond motifs is 2. The number of carbonyl (C=O) groups is 1. The van der Waals surface area contributed by atoms with Crippen LogP contribution in [0.1, 0.15) is 5.69 Å². The number of para-hydroxylation sites is 1. The zero-order chi connectivity index (χ0) is 20.2. The number of terminal acetylenes is 1. The van der Waals surface area contributed by atoms with Crippen molar-refractivity contribution in [2.75, 3.05) is 5.75 Å². The molecule has 0 saturated heterocycles. The number of thiazole rings is 1. The van der Waals surface area contributed by atoms with E-state index >= 15 is 0 Å². The summed E-state index contributed by atoms with van der Waals surface area (Å²) < 4.78 is 3.20. The molecular formula is C21H16N4O2S2. The fraction of sp³-hybridized carbons (Fsp3) is 0.143. The molecule has 2 aromatic carbocycles. The van der Waals surface area contributed by atoms with Gasteiger partial charge in [-0.3, -0.25) is 9.59 Å². The minimum absolute atomic E-state index is 0.0814. The molecule has 0 fully saturated rings. The molecule has 29 heavy (non-hydrogen) atoms. The topological polar surface area (TPSA) is 76.9 Å². The summed E-state index contributed by atoms with van der Waals surface area (Å²) in [5, 5.41) is 8.46. The van der Waals surface area contributed by atoms with Crippen molar-refractivity contribution in [3.63, 3.8) is 0 Å². The second-order valence-electron chi connectivity index (χ2n) is 6.17. The van der Waals surface area contributed by atoms with Gasteiger partial charge < -0.3 is 5.32 Å². The van der Waals surface area contributed by atoms with Gasteiger partial charge in [-0.2, -0.15) is 5.10 Å². The highest BCUT2D eigenvalue weighted by molar-refractivity contribution is 8.01. The summed E-state index contributed by atoms with van der Waals surface area (Å²) in [6.07, 6.45) is 5.34. The maximum Gasteiger partial charge on any atom is 0.275 e. The highest BCUT2D eigenvalue weighted by Crippen LogP contribution is 2.29. The lowest BCUT2D eigenvalue weighted by atomic mass is 10.1. The van der Waals surface area contributed by atoms with E-state index in [0.29, 0.717) is 16.5 Å². The number of thioether (sulfide) groups is 1. The SMILES string of the molecule is C#CCn1nc(CNC(=O)CSc2nc3ccccc3s2)c2ccccc2c1=O. The van der Waals surface area contributed by atoms with E-state index < -0.39 is 0 Å².